The summed E-state index contributed by atoms with van der Waals surface area (Å²) in [6.45, 7) is 3.40. The lowest BCUT2D eigenvalue weighted by Crippen LogP contribution is -2.25. The number of terminal acetylenes is 1. The average molecular weight is 204 g/mol. The van der Waals surface area contributed by atoms with E-state index in [9.17, 15) is 0 Å². The Kier molecular flexibility index (Phi) is 3.78. The zero-order valence-electron chi connectivity index (χ0n) is 8.70. The van der Waals surface area contributed by atoms with E-state index in [2.05, 4.69) is 29.6 Å². The molecule has 1 fully saturated rings. The van der Waals surface area contributed by atoms with Gasteiger partial charge in [-0.05, 0) is 37.5 Å². The quantitative estimate of drug-likeness (QED) is 0.617. The molecule has 0 aromatic heterocycles. The third-order valence-electron chi connectivity index (χ3n) is 1.78. The largest absolute Gasteiger partial charge is 0.394 e. The maximum atomic E-state index is 9.03. The SMILES string of the molecule is C#CC#CC#CC1OC(C)(C)OC1CO. The molecule has 3 nitrogen and oxygen atoms in total. The van der Waals surface area contributed by atoms with Crippen LogP contribution in [0.15, 0.2) is 0 Å². The Morgan fingerprint density at radius 3 is 2.60 bits per heavy atom. The number of ether oxygens (including phenoxy) is 2. The van der Waals surface area contributed by atoms with E-state index in [0.717, 1.165) is 0 Å². The monoisotopic (exact) mass is 204 g/mol. The molecule has 0 bridgehead atoms. The molecule has 0 spiro atoms. The molecule has 1 rings (SSSR count). The first kappa shape index (κ1) is 11.6. The van der Waals surface area contributed by atoms with Gasteiger partial charge in [-0.1, -0.05) is 5.92 Å². The zero-order valence-corrected chi connectivity index (χ0v) is 8.70. The van der Waals surface area contributed by atoms with Crippen LogP contribution in [0.1, 0.15) is 13.8 Å². The summed E-state index contributed by atoms with van der Waals surface area (Å²) in [7, 11) is 0. The van der Waals surface area contributed by atoms with Crippen LogP contribution in [-0.4, -0.2) is 29.7 Å². The fourth-order valence-electron chi connectivity index (χ4n) is 1.27. The highest BCUT2D eigenvalue weighted by Gasteiger charge is 2.39. The van der Waals surface area contributed by atoms with Crippen LogP contribution in [0.3, 0.4) is 0 Å². The fourth-order valence-corrected chi connectivity index (χ4v) is 1.27. The molecular formula is C12H12O3. The minimum atomic E-state index is -0.716. The van der Waals surface area contributed by atoms with Crippen molar-refractivity contribution in [1.82, 2.24) is 0 Å². The van der Waals surface area contributed by atoms with Gasteiger partial charge in [-0.2, -0.15) is 0 Å². The van der Waals surface area contributed by atoms with Gasteiger partial charge in [0.25, 0.3) is 0 Å². The van der Waals surface area contributed by atoms with Gasteiger partial charge in [0, 0.05) is 0 Å². The highest BCUT2D eigenvalue weighted by Crippen LogP contribution is 2.27. The maximum Gasteiger partial charge on any atom is 0.165 e. The van der Waals surface area contributed by atoms with Crippen molar-refractivity contribution in [1.29, 1.82) is 0 Å². The van der Waals surface area contributed by atoms with E-state index >= 15 is 0 Å². The average Bonchev–Trinajstić information content (AvgIpc) is 2.48. The summed E-state index contributed by atoms with van der Waals surface area (Å²) in [5.41, 5.74) is 0. The lowest BCUT2D eigenvalue weighted by Gasteiger charge is -2.15. The second-order valence-electron chi connectivity index (χ2n) is 3.44. The van der Waals surface area contributed by atoms with Gasteiger partial charge in [-0.25, -0.2) is 0 Å². The van der Waals surface area contributed by atoms with Gasteiger partial charge in [0.15, 0.2) is 11.9 Å². The van der Waals surface area contributed by atoms with Gasteiger partial charge in [-0.3, -0.25) is 0 Å². The summed E-state index contributed by atoms with van der Waals surface area (Å²) in [5.74, 6) is 11.6. The van der Waals surface area contributed by atoms with Crippen molar-refractivity contribution in [3.8, 4) is 36.0 Å². The number of aliphatic hydroxyl groups excluding tert-OH is 1. The predicted octanol–water partition coefficient (Wildman–Crippen LogP) is 0.139. The Morgan fingerprint density at radius 2 is 2.00 bits per heavy atom. The number of hydrogen-bond acceptors (Lipinski definition) is 3. The predicted molar refractivity (Wildman–Crippen MR) is 55.3 cm³/mol. The van der Waals surface area contributed by atoms with Crippen LogP contribution in [0, 0.1) is 36.0 Å². The van der Waals surface area contributed by atoms with Crippen LogP contribution in [0.25, 0.3) is 0 Å². The van der Waals surface area contributed by atoms with Crippen molar-refractivity contribution in [2.24, 2.45) is 0 Å². The van der Waals surface area contributed by atoms with E-state index in [4.69, 9.17) is 21.0 Å². The van der Waals surface area contributed by atoms with Crippen LogP contribution in [0.2, 0.25) is 0 Å². The minimum Gasteiger partial charge on any atom is -0.394 e. The van der Waals surface area contributed by atoms with Crippen LogP contribution in [0.4, 0.5) is 0 Å². The van der Waals surface area contributed by atoms with Crippen LogP contribution in [-0.2, 0) is 9.47 Å². The normalized spacial score (nSPS) is 26.8. The Labute approximate surface area is 89.8 Å². The van der Waals surface area contributed by atoms with Crippen molar-refractivity contribution in [3.05, 3.63) is 0 Å². The molecular weight excluding hydrogens is 192 g/mol. The molecule has 0 saturated carbocycles. The summed E-state index contributed by atoms with van der Waals surface area (Å²) in [6.07, 6.45) is 4.04. The molecule has 3 heteroatoms. The summed E-state index contributed by atoms with van der Waals surface area (Å²) >= 11 is 0. The lowest BCUT2D eigenvalue weighted by atomic mass is 10.2. The van der Waals surface area contributed by atoms with Crippen molar-refractivity contribution in [2.75, 3.05) is 6.61 Å². The smallest absolute Gasteiger partial charge is 0.165 e. The topological polar surface area (TPSA) is 38.7 Å². The van der Waals surface area contributed by atoms with Crippen LogP contribution in [0.5, 0.6) is 0 Å². The third kappa shape index (κ3) is 3.31. The summed E-state index contributed by atoms with van der Waals surface area (Å²) in [6, 6.07) is 0. The molecule has 1 saturated heterocycles. The third-order valence-corrected chi connectivity index (χ3v) is 1.78. The summed E-state index contributed by atoms with van der Waals surface area (Å²) in [5, 5.41) is 9.03. The molecule has 0 radical (unpaired) electrons. The first-order chi connectivity index (χ1) is 7.09. The zero-order chi connectivity index (χ0) is 11.3. The molecule has 0 aromatic carbocycles. The summed E-state index contributed by atoms with van der Waals surface area (Å²) in [4.78, 5) is 0. The van der Waals surface area contributed by atoms with E-state index in [1.165, 1.54) is 0 Å². The van der Waals surface area contributed by atoms with Crippen molar-refractivity contribution in [3.63, 3.8) is 0 Å². The molecule has 1 aliphatic heterocycles. The molecule has 1 N–H and O–H groups in total. The molecule has 78 valence electrons. The number of rotatable bonds is 1. The van der Waals surface area contributed by atoms with E-state index in [0.29, 0.717) is 0 Å². The number of hydrogen-bond donors (Lipinski definition) is 1. The maximum absolute atomic E-state index is 9.03. The van der Waals surface area contributed by atoms with Crippen LogP contribution < -0.4 is 0 Å². The highest BCUT2D eigenvalue weighted by atomic mass is 16.8. The van der Waals surface area contributed by atoms with Crippen molar-refractivity contribution >= 4 is 0 Å². The van der Waals surface area contributed by atoms with Gasteiger partial charge in [-0.15, -0.1) is 6.42 Å². The molecule has 15 heavy (non-hydrogen) atoms. The molecule has 2 atom stereocenters. The van der Waals surface area contributed by atoms with Gasteiger partial charge in [0.05, 0.1) is 6.61 Å². The Bertz CT molecular complexity index is 381. The van der Waals surface area contributed by atoms with Gasteiger partial charge in [0.1, 0.15) is 6.10 Å². The van der Waals surface area contributed by atoms with Gasteiger partial charge < -0.3 is 14.6 Å². The second-order valence-corrected chi connectivity index (χ2v) is 3.44. The molecule has 0 amide bonds. The summed E-state index contributed by atoms with van der Waals surface area (Å²) < 4.78 is 10.9. The standard InChI is InChI=1S/C12H12O3/c1-4-5-6-7-8-10-11(9-13)15-12(2,3)14-10/h1,10-11,13H,9H2,2-3H3. The van der Waals surface area contributed by atoms with Crippen LogP contribution >= 0.6 is 0 Å². The van der Waals surface area contributed by atoms with Crippen molar-refractivity contribution in [2.45, 2.75) is 31.8 Å². The molecule has 0 aromatic rings. The molecule has 2 unspecified atom stereocenters. The van der Waals surface area contributed by atoms with Crippen molar-refractivity contribution < 1.29 is 14.6 Å². The highest BCUT2D eigenvalue weighted by molar-refractivity contribution is 5.35. The molecule has 1 aliphatic rings. The Hall–Kier alpha value is -1.44. The van der Waals surface area contributed by atoms with E-state index < -0.39 is 18.0 Å². The molecule has 1 heterocycles. The Morgan fingerprint density at radius 1 is 1.27 bits per heavy atom. The van der Waals surface area contributed by atoms with E-state index in [-0.39, 0.29) is 6.61 Å². The fraction of sp³-hybridized carbons (Fsp3) is 0.500. The molecule has 0 aliphatic carbocycles. The van der Waals surface area contributed by atoms with E-state index in [1.54, 1.807) is 13.8 Å². The minimum absolute atomic E-state index is 0.134. The van der Waals surface area contributed by atoms with Gasteiger partial charge in [0.2, 0.25) is 0 Å². The number of aliphatic hydroxyl groups is 1. The first-order valence-electron chi connectivity index (χ1n) is 4.51. The second kappa shape index (κ2) is 4.87. The first-order valence-corrected chi connectivity index (χ1v) is 4.51. The van der Waals surface area contributed by atoms with Gasteiger partial charge >= 0.3 is 0 Å². The Balaban J connectivity index is 2.69. The lowest BCUT2D eigenvalue weighted by molar-refractivity contribution is -0.145. The van der Waals surface area contributed by atoms with E-state index in [1.807, 2.05) is 0 Å².